The summed E-state index contributed by atoms with van der Waals surface area (Å²) in [6, 6.07) is 0.658. The lowest BCUT2D eigenvalue weighted by atomic mass is 9.72. The molecule has 0 bridgehead atoms. The zero-order valence-electron chi connectivity index (χ0n) is 14.8. The Labute approximate surface area is 145 Å². The topological polar surface area (TPSA) is 52.7 Å². The third kappa shape index (κ3) is 3.19. The van der Waals surface area contributed by atoms with E-state index in [9.17, 15) is 9.59 Å². The molecule has 1 saturated carbocycles. The van der Waals surface area contributed by atoms with Gasteiger partial charge in [0.1, 0.15) is 0 Å². The molecule has 0 radical (unpaired) electrons. The Morgan fingerprint density at radius 1 is 1.00 bits per heavy atom. The van der Waals surface area contributed by atoms with Crippen LogP contribution in [0.3, 0.4) is 0 Å². The van der Waals surface area contributed by atoms with Crippen LogP contribution in [0.2, 0.25) is 0 Å². The van der Waals surface area contributed by atoms with Crippen LogP contribution in [0, 0.1) is 11.3 Å². The maximum Gasteiger partial charge on any atom is 0.225 e. The summed E-state index contributed by atoms with van der Waals surface area (Å²) in [5, 5.41) is 3.08. The van der Waals surface area contributed by atoms with Gasteiger partial charge in [-0.2, -0.15) is 0 Å². The fourth-order valence-corrected chi connectivity index (χ4v) is 5.00. The van der Waals surface area contributed by atoms with Gasteiger partial charge in [0.05, 0.1) is 0 Å². The van der Waals surface area contributed by atoms with E-state index >= 15 is 0 Å². The Morgan fingerprint density at radius 2 is 1.71 bits per heavy atom. The van der Waals surface area contributed by atoms with Crippen LogP contribution < -0.4 is 5.32 Å². The number of hydrogen-bond donors (Lipinski definition) is 1. The summed E-state index contributed by atoms with van der Waals surface area (Å²) in [5.41, 5.74) is 0.366. The molecule has 1 aliphatic carbocycles. The lowest BCUT2D eigenvalue weighted by molar-refractivity contribution is -0.140. The van der Waals surface area contributed by atoms with Crippen LogP contribution in [-0.4, -0.2) is 60.4 Å². The fourth-order valence-electron chi connectivity index (χ4n) is 5.00. The number of hydrogen-bond acceptors (Lipinski definition) is 3. The number of carbonyl (C=O) groups is 2. The molecule has 5 nitrogen and oxygen atoms in total. The van der Waals surface area contributed by atoms with Gasteiger partial charge in [0.15, 0.2) is 0 Å². The number of carbonyl (C=O) groups excluding carboxylic acids is 2. The predicted molar refractivity (Wildman–Crippen MR) is 92.4 cm³/mol. The van der Waals surface area contributed by atoms with Crippen LogP contribution in [0.4, 0.5) is 0 Å². The standard InChI is InChI=1S/C19H31N3O2/c23-17-4-7-19(14-20-17)8-12-21(13-9-19)16-5-10-22(11-6-16)18(24)15-2-1-3-15/h15-16H,1-14H2,(H,20,23). The number of nitrogens with one attached hydrogen (secondary N) is 1. The van der Waals surface area contributed by atoms with Crippen molar-refractivity contribution in [2.45, 2.75) is 63.8 Å². The van der Waals surface area contributed by atoms with E-state index in [4.69, 9.17) is 0 Å². The van der Waals surface area contributed by atoms with Gasteiger partial charge < -0.3 is 15.1 Å². The quantitative estimate of drug-likeness (QED) is 0.838. The van der Waals surface area contributed by atoms with Crippen LogP contribution >= 0.6 is 0 Å². The van der Waals surface area contributed by atoms with Gasteiger partial charge in [-0.15, -0.1) is 0 Å². The van der Waals surface area contributed by atoms with Crippen molar-refractivity contribution < 1.29 is 9.59 Å². The minimum atomic E-state index is 0.228. The van der Waals surface area contributed by atoms with Gasteiger partial charge in [0.25, 0.3) is 0 Å². The summed E-state index contributed by atoms with van der Waals surface area (Å²) < 4.78 is 0. The fraction of sp³-hybridized carbons (Fsp3) is 0.895. The minimum absolute atomic E-state index is 0.228. The largest absolute Gasteiger partial charge is 0.356 e. The second kappa shape index (κ2) is 6.66. The van der Waals surface area contributed by atoms with Crippen molar-refractivity contribution in [3.63, 3.8) is 0 Å². The first-order valence-corrected chi connectivity index (χ1v) is 9.95. The minimum Gasteiger partial charge on any atom is -0.356 e. The van der Waals surface area contributed by atoms with E-state index in [0.717, 1.165) is 64.8 Å². The SMILES string of the molecule is O=C1CCC2(CCN(C3CCN(C(=O)C4CCC4)CC3)CC2)CN1. The predicted octanol–water partition coefficient (Wildman–Crippen LogP) is 1.77. The van der Waals surface area contributed by atoms with E-state index < -0.39 is 0 Å². The van der Waals surface area contributed by atoms with Crippen molar-refractivity contribution in [2.75, 3.05) is 32.7 Å². The lowest BCUT2D eigenvalue weighted by Crippen LogP contribution is -2.54. The monoisotopic (exact) mass is 333 g/mol. The van der Waals surface area contributed by atoms with E-state index in [1.165, 1.54) is 19.3 Å². The Bertz CT molecular complexity index is 475. The second-order valence-electron chi connectivity index (χ2n) is 8.50. The highest BCUT2D eigenvalue weighted by Gasteiger charge is 2.40. The van der Waals surface area contributed by atoms with Crippen molar-refractivity contribution in [2.24, 2.45) is 11.3 Å². The number of amides is 2. The average molecular weight is 333 g/mol. The first kappa shape index (κ1) is 16.4. The molecule has 0 unspecified atom stereocenters. The molecule has 3 aliphatic heterocycles. The molecule has 1 spiro atoms. The first-order valence-electron chi connectivity index (χ1n) is 9.95. The van der Waals surface area contributed by atoms with Crippen LogP contribution in [0.15, 0.2) is 0 Å². The molecule has 134 valence electrons. The Hall–Kier alpha value is -1.10. The lowest BCUT2D eigenvalue weighted by Gasteiger charge is -2.48. The van der Waals surface area contributed by atoms with Crippen LogP contribution in [0.1, 0.15) is 57.8 Å². The number of piperidine rings is 3. The number of likely N-dealkylation sites (tertiary alicyclic amines) is 2. The van der Waals surface area contributed by atoms with Gasteiger partial charge >= 0.3 is 0 Å². The average Bonchev–Trinajstić information content (AvgIpc) is 2.57. The van der Waals surface area contributed by atoms with E-state index in [0.29, 0.717) is 29.7 Å². The number of rotatable bonds is 2. The number of nitrogens with zero attached hydrogens (tertiary/aromatic N) is 2. The highest BCUT2D eigenvalue weighted by molar-refractivity contribution is 5.79. The highest BCUT2D eigenvalue weighted by atomic mass is 16.2. The van der Waals surface area contributed by atoms with E-state index in [1.54, 1.807) is 0 Å². The second-order valence-corrected chi connectivity index (χ2v) is 8.50. The van der Waals surface area contributed by atoms with Crippen LogP contribution in [0.5, 0.6) is 0 Å². The third-order valence-electron chi connectivity index (χ3n) is 7.15. The molecule has 4 fully saturated rings. The molecule has 0 aromatic heterocycles. The molecular weight excluding hydrogens is 302 g/mol. The molecule has 0 aromatic carbocycles. The van der Waals surface area contributed by atoms with Crippen LogP contribution in [0.25, 0.3) is 0 Å². The highest BCUT2D eigenvalue weighted by Crippen LogP contribution is 2.39. The molecule has 0 aromatic rings. The molecule has 4 rings (SSSR count). The first-order chi connectivity index (χ1) is 11.7. The summed E-state index contributed by atoms with van der Waals surface area (Å²) in [7, 11) is 0. The summed E-state index contributed by atoms with van der Waals surface area (Å²) in [6.45, 7) is 5.12. The maximum atomic E-state index is 12.4. The van der Waals surface area contributed by atoms with Gasteiger partial charge in [-0.1, -0.05) is 6.42 Å². The smallest absolute Gasteiger partial charge is 0.225 e. The molecule has 0 atom stereocenters. The van der Waals surface area contributed by atoms with Gasteiger partial charge in [-0.05, 0) is 63.5 Å². The molecule has 5 heteroatoms. The summed E-state index contributed by atoms with van der Waals surface area (Å²) in [6.07, 6.45) is 9.96. The summed E-state index contributed by atoms with van der Waals surface area (Å²) >= 11 is 0. The van der Waals surface area contributed by atoms with Crippen molar-refractivity contribution in [1.82, 2.24) is 15.1 Å². The van der Waals surface area contributed by atoms with Gasteiger partial charge in [-0.25, -0.2) is 0 Å². The molecule has 24 heavy (non-hydrogen) atoms. The molecule has 4 aliphatic rings. The van der Waals surface area contributed by atoms with Crippen molar-refractivity contribution in [3.8, 4) is 0 Å². The third-order valence-corrected chi connectivity index (χ3v) is 7.15. The summed E-state index contributed by atoms with van der Waals surface area (Å²) in [5.74, 6) is 1.000. The van der Waals surface area contributed by atoms with Crippen molar-refractivity contribution in [1.29, 1.82) is 0 Å². The van der Waals surface area contributed by atoms with Crippen molar-refractivity contribution in [3.05, 3.63) is 0 Å². The van der Waals surface area contributed by atoms with Gasteiger partial charge in [-0.3, -0.25) is 9.59 Å². The molecule has 1 N–H and O–H groups in total. The molecular formula is C19H31N3O2. The molecule has 3 heterocycles. The summed E-state index contributed by atoms with van der Waals surface area (Å²) in [4.78, 5) is 28.6. The molecule has 2 amide bonds. The van der Waals surface area contributed by atoms with Gasteiger partial charge in [0.2, 0.25) is 11.8 Å². The molecule has 3 saturated heterocycles. The zero-order valence-corrected chi connectivity index (χ0v) is 14.8. The Kier molecular flexibility index (Phi) is 4.54. The zero-order chi connectivity index (χ0) is 16.6. The van der Waals surface area contributed by atoms with E-state index in [2.05, 4.69) is 15.1 Å². The Morgan fingerprint density at radius 3 is 2.25 bits per heavy atom. The van der Waals surface area contributed by atoms with E-state index in [-0.39, 0.29) is 5.91 Å². The van der Waals surface area contributed by atoms with Gasteiger partial charge in [0, 0.05) is 38.0 Å². The van der Waals surface area contributed by atoms with Crippen molar-refractivity contribution >= 4 is 11.8 Å². The van der Waals surface area contributed by atoms with E-state index in [1.807, 2.05) is 0 Å². The maximum absolute atomic E-state index is 12.4. The van der Waals surface area contributed by atoms with Crippen LogP contribution in [-0.2, 0) is 9.59 Å². The normalized spacial score (nSPS) is 29.3. The Balaban J connectivity index is 1.24.